The molecular formula is C15H20BrN3O2. The molecule has 0 radical (unpaired) electrons. The molecule has 0 bridgehead atoms. The molecule has 114 valence electrons. The fraction of sp³-hybridized carbons (Fsp3) is 0.533. The van der Waals surface area contributed by atoms with E-state index in [2.05, 4.69) is 26.2 Å². The predicted octanol–water partition coefficient (Wildman–Crippen LogP) is 2.25. The van der Waals surface area contributed by atoms with Crippen LogP contribution in [0.1, 0.15) is 39.2 Å². The molecule has 6 heteroatoms. The number of nitrogens with one attached hydrogen (secondary N) is 1. The van der Waals surface area contributed by atoms with Crippen LogP contribution >= 0.6 is 15.9 Å². The molecule has 1 aromatic rings. The zero-order valence-corrected chi connectivity index (χ0v) is 14.1. The van der Waals surface area contributed by atoms with Crippen LogP contribution in [0.4, 0.5) is 0 Å². The average molecular weight is 354 g/mol. The zero-order chi connectivity index (χ0) is 15.6. The van der Waals surface area contributed by atoms with Gasteiger partial charge in [-0.1, -0.05) is 13.8 Å². The fourth-order valence-corrected chi connectivity index (χ4v) is 2.95. The van der Waals surface area contributed by atoms with Crippen molar-refractivity contribution < 1.29 is 9.59 Å². The van der Waals surface area contributed by atoms with Crippen LogP contribution in [0.15, 0.2) is 22.9 Å². The Kier molecular flexibility index (Phi) is 4.66. The Balaban J connectivity index is 2.35. The highest BCUT2D eigenvalue weighted by atomic mass is 79.9. The second-order valence-electron chi connectivity index (χ2n) is 5.50. The van der Waals surface area contributed by atoms with Crippen LogP contribution in [-0.2, 0) is 16.1 Å². The third-order valence-corrected chi connectivity index (χ3v) is 4.59. The SMILES string of the molecule is CCC1NC(=O)C(C)(CC)N(Cc2cncc(Br)c2)C1=O. The summed E-state index contributed by atoms with van der Waals surface area (Å²) in [5.41, 5.74) is 0.0902. The summed E-state index contributed by atoms with van der Waals surface area (Å²) in [4.78, 5) is 30.8. The van der Waals surface area contributed by atoms with Gasteiger partial charge in [-0.25, -0.2) is 0 Å². The van der Waals surface area contributed by atoms with Gasteiger partial charge in [-0.2, -0.15) is 0 Å². The molecule has 21 heavy (non-hydrogen) atoms. The van der Waals surface area contributed by atoms with E-state index in [0.717, 1.165) is 10.0 Å². The van der Waals surface area contributed by atoms with E-state index in [-0.39, 0.29) is 11.8 Å². The van der Waals surface area contributed by atoms with Crippen molar-refractivity contribution in [1.82, 2.24) is 15.2 Å². The van der Waals surface area contributed by atoms with Gasteiger partial charge in [-0.3, -0.25) is 14.6 Å². The molecule has 0 aromatic carbocycles. The number of carbonyl (C=O) groups excluding carboxylic acids is 2. The lowest BCUT2D eigenvalue weighted by Crippen LogP contribution is -2.68. The Morgan fingerprint density at radius 2 is 2.10 bits per heavy atom. The molecule has 2 heterocycles. The van der Waals surface area contributed by atoms with Crippen molar-refractivity contribution in [2.24, 2.45) is 0 Å². The van der Waals surface area contributed by atoms with Crippen molar-refractivity contribution in [3.05, 3.63) is 28.5 Å². The lowest BCUT2D eigenvalue weighted by atomic mass is 9.89. The van der Waals surface area contributed by atoms with Crippen molar-refractivity contribution in [1.29, 1.82) is 0 Å². The Hall–Kier alpha value is -1.43. The highest BCUT2D eigenvalue weighted by molar-refractivity contribution is 9.10. The van der Waals surface area contributed by atoms with Crippen molar-refractivity contribution in [3.63, 3.8) is 0 Å². The standard InChI is InChI=1S/C15H20BrN3O2/c1-4-12-13(20)19(15(3,5-2)14(21)18-12)9-10-6-11(16)8-17-7-10/h6-8,12H,4-5,9H2,1-3H3,(H,18,21). The quantitative estimate of drug-likeness (QED) is 0.902. The number of aromatic nitrogens is 1. The monoisotopic (exact) mass is 353 g/mol. The number of hydrogen-bond acceptors (Lipinski definition) is 3. The minimum Gasteiger partial charge on any atom is -0.342 e. The van der Waals surface area contributed by atoms with Gasteiger partial charge in [0.15, 0.2) is 0 Å². The molecule has 1 saturated heterocycles. The lowest BCUT2D eigenvalue weighted by Gasteiger charge is -2.45. The Labute approximate surface area is 133 Å². The largest absolute Gasteiger partial charge is 0.342 e. The molecule has 5 nitrogen and oxygen atoms in total. The molecule has 1 aromatic heterocycles. The normalized spacial score (nSPS) is 25.9. The van der Waals surface area contributed by atoms with E-state index in [4.69, 9.17) is 0 Å². The molecule has 1 aliphatic rings. The Bertz CT molecular complexity index is 564. The summed E-state index contributed by atoms with van der Waals surface area (Å²) < 4.78 is 0.860. The number of pyridine rings is 1. The first-order valence-corrected chi connectivity index (χ1v) is 7.93. The van der Waals surface area contributed by atoms with Crippen molar-refractivity contribution >= 4 is 27.7 Å². The number of hydrogen-bond donors (Lipinski definition) is 1. The first-order chi connectivity index (χ1) is 9.92. The Morgan fingerprint density at radius 1 is 1.38 bits per heavy atom. The number of rotatable bonds is 4. The predicted molar refractivity (Wildman–Crippen MR) is 83.4 cm³/mol. The van der Waals surface area contributed by atoms with Gasteiger partial charge in [-0.15, -0.1) is 0 Å². The van der Waals surface area contributed by atoms with Gasteiger partial charge in [0.25, 0.3) is 0 Å². The smallest absolute Gasteiger partial charge is 0.246 e. The maximum atomic E-state index is 12.6. The maximum absolute atomic E-state index is 12.6. The summed E-state index contributed by atoms with van der Waals surface area (Å²) in [5, 5.41) is 2.83. The van der Waals surface area contributed by atoms with Crippen molar-refractivity contribution in [2.75, 3.05) is 0 Å². The van der Waals surface area contributed by atoms with E-state index in [1.54, 1.807) is 17.3 Å². The minimum absolute atomic E-state index is 0.0265. The van der Waals surface area contributed by atoms with Gasteiger partial charge in [0.05, 0.1) is 0 Å². The second-order valence-corrected chi connectivity index (χ2v) is 6.41. The topological polar surface area (TPSA) is 62.3 Å². The highest BCUT2D eigenvalue weighted by Gasteiger charge is 2.47. The second kappa shape index (κ2) is 6.13. The molecule has 1 N–H and O–H groups in total. The van der Waals surface area contributed by atoms with Crippen LogP contribution in [0, 0.1) is 0 Å². The minimum atomic E-state index is -0.814. The molecule has 0 spiro atoms. The Morgan fingerprint density at radius 3 is 2.67 bits per heavy atom. The zero-order valence-electron chi connectivity index (χ0n) is 12.5. The van der Waals surface area contributed by atoms with Crippen LogP contribution in [0.5, 0.6) is 0 Å². The average Bonchev–Trinajstić information content (AvgIpc) is 2.47. The molecule has 1 aliphatic heterocycles. The van der Waals surface area contributed by atoms with E-state index in [9.17, 15) is 9.59 Å². The lowest BCUT2D eigenvalue weighted by molar-refractivity contribution is -0.157. The molecule has 0 saturated carbocycles. The van der Waals surface area contributed by atoms with E-state index in [1.165, 1.54) is 0 Å². The summed E-state index contributed by atoms with van der Waals surface area (Å²) in [6.45, 7) is 6.03. The first kappa shape index (κ1) is 15.9. The summed E-state index contributed by atoms with van der Waals surface area (Å²) in [7, 11) is 0. The molecule has 2 amide bonds. The molecule has 1 fully saturated rings. The van der Waals surface area contributed by atoms with E-state index < -0.39 is 11.6 Å². The molecule has 2 rings (SSSR count). The van der Waals surface area contributed by atoms with Crippen LogP contribution < -0.4 is 5.32 Å². The maximum Gasteiger partial charge on any atom is 0.246 e. The van der Waals surface area contributed by atoms with Gasteiger partial charge in [0, 0.05) is 23.4 Å². The molecular weight excluding hydrogens is 334 g/mol. The summed E-state index contributed by atoms with van der Waals surface area (Å²) in [6.07, 6.45) is 4.59. The van der Waals surface area contributed by atoms with Gasteiger partial charge < -0.3 is 10.2 Å². The third kappa shape index (κ3) is 2.95. The summed E-state index contributed by atoms with van der Waals surface area (Å²) in [5.74, 6) is -0.110. The van der Waals surface area contributed by atoms with Gasteiger partial charge in [-0.05, 0) is 47.3 Å². The number of amides is 2. The molecule has 0 aliphatic carbocycles. The highest BCUT2D eigenvalue weighted by Crippen LogP contribution is 2.28. The van der Waals surface area contributed by atoms with Gasteiger partial charge in [0.2, 0.25) is 11.8 Å². The summed E-state index contributed by atoms with van der Waals surface area (Å²) >= 11 is 3.38. The van der Waals surface area contributed by atoms with Crippen LogP contribution in [-0.4, -0.2) is 33.3 Å². The van der Waals surface area contributed by atoms with Crippen molar-refractivity contribution in [2.45, 2.75) is 51.7 Å². The molecule has 2 atom stereocenters. The fourth-order valence-electron chi connectivity index (χ4n) is 2.53. The van der Waals surface area contributed by atoms with Crippen molar-refractivity contribution in [3.8, 4) is 0 Å². The summed E-state index contributed by atoms with van der Waals surface area (Å²) in [6, 6.07) is 1.49. The third-order valence-electron chi connectivity index (χ3n) is 4.15. The number of nitrogens with zero attached hydrogens (tertiary/aromatic N) is 2. The number of piperazine rings is 1. The van der Waals surface area contributed by atoms with Crippen LogP contribution in [0.3, 0.4) is 0 Å². The van der Waals surface area contributed by atoms with Gasteiger partial charge >= 0.3 is 0 Å². The number of carbonyl (C=O) groups is 2. The van der Waals surface area contributed by atoms with E-state index in [0.29, 0.717) is 19.4 Å². The van der Waals surface area contributed by atoms with Crippen LogP contribution in [0.25, 0.3) is 0 Å². The number of halogens is 1. The first-order valence-electron chi connectivity index (χ1n) is 7.14. The van der Waals surface area contributed by atoms with Gasteiger partial charge in [0.1, 0.15) is 11.6 Å². The molecule has 2 unspecified atom stereocenters. The van der Waals surface area contributed by atoms with Crippen LogP contribution in [0.2, 0.25) is 0 Å². The van der Waals surface area contributed by atoms with E-state index >= 15 is 0 Å². The van der Waals surface area contributed by atoms with E-state index in [1.807, 2.05) is 26.8 Å².